The maximum absolute atomic E-state index is 6.36. The lowest BCUT2D eigenvalue weighted by Gasteiger charge is -2.35. The molecule has 0 bridgehead atoms. The molecule has 1 aliphatic heterocycles. The van der Waals surface area contributed by atoms with Crippen LogP contribution in [0, 0.1) is 0 Å². The maximum Gasteiger partial charge on any atom is 0.482 e. The van der Waals surface area contributed by atoms with Crippen LogP contribution < -0.4 is 11.5 Å². The lowest BCUT2D eigenvalue weighted by molar-refractivity contribution is 0.137. The maximum atomic E-state index is 6.36. The fraction of sp³-hybridized carbons (Fsp3) is 1.00. The molecule has 4 N–H and O–H groups in total. The molecule has 21 heavy (non-hydrogen) atoms. The van der Waals surface area contributed by atoms with E-state index in [0.29, 0.717) is 25.2 Å². The third kappa shape index (κ3) is 5.31. The molecule has 0 aliphatic carbocycles. The Morgan fingerprint density at radius 3 is 1.52 bits per heavy atom. The van der Waals surface area contributed by atoms with Gasteiger partial charge in [-0.1, -0.05) is 0 Å². The minimum absolute atomic E-state index is 0.589. The molecule has 0 spiro atoms. The zero-order chi connectivity index (χ0) is 15.9. The van der Waals surface area contributed by atoms with E-state index < -0.39 is 34.7 Å². The molecule has 1 aliphatic rings. The van der Waals surface area contributed by atoms with Crippen LogP contribution in [-0.4, -0.2) is 62.0 Å². The molecule has 1 fully saturated rings. The molecule has 11 heteroatoms. The van der Waals surface area contributed by atoms with Gasteiger partial charge in [-0.15, -0.1) is 0 Å². The van der Waals surface area contributed by atoms with Gasteiger partial charge in [-0.05, 0) is 39.0 Å². The minimum Gasteiger partial charge on any atom is -0.416 e. The molecule has 2 radical (unpaired) electrons. The second-order valence-corrected chi connectivity index (χ2v) is 18.4. The van der Waals surface area contributed by atoms with Gasteiger partial charge in [0.25, 0.3) is 0 Å². The fourth-order valence-corrected chi connectivity index (χ4v) is 20.0. The predicted octanol–water partition coefficient (Wildman–Crippen LogP) is 0.239. The van der Waals surface area contributed by atoms with E-state index in [0.717, 1.165) is 12.8 Å². The van der Waals surface area contributed by atoms with Crippen LogP contribution in [0.15, 0.2) is 0 Å². The molecule has 2 atom stereocenters. The summed E-state index contributed by atoms with van der Waals surface area (Å²) in [5, 5.41) is 0. The van der Waals surface area contributed by atoms with E-state index in [1.807, 2.05) is 0 Å². The second kappa shape index (κ2) is 9.02. The molecule has 1 rings (SSSR count). The molecule has 124 valence electrons. The molecule has 0 amide bonds. The Balaban J connectivity index is 3.02. The Hall–Kier alpha value is 0.588. The molecular weight excluding hydrogens is 340 g/mol. The zero-order valence-corrected chi connectivity index (χ0v) is 17.4. The number of hydrogen-bond acceptors (Lipinski definition) is 7. The highest BCUT2D eigenvalue weighted by Gasteiger charge is 2.57. The van der Waals surface area contributed by atoms with E-state index in [4.69, 9.17) is 32.7 Å². The van der Waals surface area contributed by atoms with Crippen molar-refractivity contribution in [2.24, 2.45) is 11.5 Å². The summed E-state index contributed by atoms with van der Waals surface area (Å²) in [6, 6.07) is 1.42. The van der Waals surface area contributed by atoms with Gasteiger partial charge in [0.1, 0.15) is 0 Å². The van der Waals surface area contributed by atoms with Gasteiger partial charge in [-0.2, -0.15) is 0 Å². The Kier molecular flexibility index (Phi) is 8.44. The first-order valence-corrected chi connectivity index (χ1v) is 15.9. The monoisotopic (exact) mass is 368 g/mol. The topological polar surface area (TPSA) is 98.2 Å². The van der Waals surface area contributed by atoms with Crippen molar-refractivity contribution in [1.29, 1.82) is 0 Å². The summed E-state index contributed by atoms with van der Waals surface area (Å²) in [7, 11) is -4.41. The van der Waals surface area contributed by atoms with E-state index in [9.17, 15) is 0 Å². The number of nitrogens with two attached hydrogens (primary N) is 2. The lowest BCUT2D eigenvalue weighted by Crippen LogP contribution is -2.56. The third-order valence-corrected chi connectivity index (χ3v) is 19.8. The summed E-state index contributed by atoms with van der Waals surface area (Å²) >= 11 is 0. The average molecular weight is 369 g/mol. The summed E-state index contributed by atoms with van der Waals surface area (Å²) in [5.41, 5.74) is 11.3. The van der Waals surface area contributed by atoms with Crippen molar-refractivity contribution in [1.82, 2.24) is 0 Å². The van der Waals surface area contributed by atoms with Crippen molar-refractivity contribution in [2.45, 2.75) is 38.0 Å². The van der Waals surface area contributed by atoms with Crippen LogP contribution in [0.5, 0.6) is 0 Å². The van der Waals surface area contributed by atoms with Crippen LogP contribution >= 0.6 is 0 Å². The molecule has 0 aromatic rings. The molecule has 0 aromatic heterocycles. The quantitative estimate of drug-likeness (QED) is 0.592. The summed E-state index contributed by atoms with van der Waals surface area (Å²) in [6.07, 6.45) is 1.62. The molecule has 0 aromatic carbocycles. The summed E-state index contributed by atoms with van der Waals surface area (Å²) in [5.74, 6) is 0. The fourth-order valence-electron chi connectivity index (χ4n) is 2.10. The van der Waals surface area contributed by atoms with Gasteiger partial charge < -0.3 is 32.7 Å². The molecule has 0 saturated carbocycles. The van der Waals surface area contributed by atoms with Crippen molar-refractivity contribution >= 4 is 34.7 Å². The Bertz CT molecular complexity index is 291. The molecular formula is C10H28N2O5Si4. The Morgan fingerprint density at radius 2 is 1.24 bits per heavy atom. The first-order chi connectivity index (χ1) is 9.96. The largest absolute Gasteiger partial charge is 0.482 e. The third-order valence-electron chi connectivity index (χ3n) is 3.42. The van der Waals surface area contributed by atoms with Crippen LogP contribution in [0.4, 0.5) is 0 Å². The summed E-state index contributed by atoms with van der Waals surface area (Å²) in [6.45, 7) is 5.42. The van der Waals surface area contributed by atoms with Gasteiger partial charge in [-0.25, -0.2) is 0 Å². The molecule has 7 nitrogen and oxygen atoms in total. The van der Waals surface area contributed by atoms with Crippen molar-refractivity contribution < 1.29 is 21.2 Å². The first kappa shape index (κ1) is 19.6. The van der Waals surface area contributed by atoms with Crippen molar-refractivity contribution in [2.75, 3.05) is 27.3 Å². The van der Waals surface area contributed by atoms with Gasteiger partial charge in [0, 0.05) is 26.3 Å². The second-order valence-electron chi connectivity index (χ2n) is 4.98. The van der Waals surface area contributed by atoms with Crippen LogP contribution in [0.3, 0.4) is 0 Å². The van der Waals surface area contributed by atoms with Gasteiger partial charge in [-0.3, -0.25) is 0 Å². The number of rotatable bonds is 8. The molecule has 1 saturated heterocycles. The van der Waals surface area contributed by atoms with Gasteiger partial charge in [0.15, 0.2) is 0 Å². The van der Waals surface area contributed by atoms with E-state index in [1.165, 1.54) is 0 Å². The predicted molar refractivity (Wildman–Crippen MR) is 89.0 cm³/mol. The van der Waals surface area contributed by atoms with Crippen molar-refractivity contribution in [3.63, 3.8) is 0 Å². The highest BCUT2D eigenvalue weighted by atomic mass is 29.2. The molecule has 2 unspecified atom stereocenters. The summed E-state index contributed by atoms with van der Waals surface area (Å²) < 4.78 is 30.4. The van der Waals surface area contributed by atoms with E-state index in [1.54, 1.807) is 14.2 Å². The number of hydrogen-bond donors (Lipinski definition) is 2. The first-order valence-electron chi connectivity index (χ1n) is 7.22. The standard InChI is InChI=1S/C10H28N2O5Si4/c1-13-20(9-5-7-11)15-18(3)19(4)16-21(14-2,17-20)10-6-8-12/h5-12H2,1-4H3. The van der Waals surface area contributed by atoms with Gasteiger partial charge in [0.2, 0.25) is 17.1 Å². The van der Waals surface area contributed by atoms with Crippen LogP contribution in [0.25, 0.3) is 0 Å². The normalized spacial score (nSPS) is 32.3. The SMILES string of the molecule is CO[Si]1(CCCN)O[Si](C)[Si](C)O[Si](CCCN)(OC)O1. The smallest absolute Gasteiger partial charge is 0.416 e. The van der Waals surface area contributed by atoms with Crippen LogP contribution in [0.2, 0.25) is 25.2 Å². The van der Waals surface area contributed by atoms with Crippen molar-refractivity contribution in [3.8, 4) is 0 Å². The minimum atomic E-state index is -2.78. The highest BCUT2D eigenvalue weighted by Crippen LogP contribution is 2.31. The highest BCUT2D eigenvalue weighted by molar-refractivity contribution is 7.19. The van der Waals surface area contributed by atoms with Crippen LogP contribution in [-0.2, 0) is 21.2 Å². The van der Waals surface area contributed by atoms with Crippen LogP contribution in [0.1, 0.15) is 12.8 Å². The van der Waals surface area contributed by atoms with E-state index in [-0.39, 0.29) is 0 Å². The Labute approximate surface area is 133 Å². The lowest BCUT2D eigenvalue weighted by atomic mass is 10.5. The van der Waals surface area contributed by atoms with Gasteiger partial charge >= 0.3 is 17.6 Å². The zero-order valence-electron chi connectivity index (χ0n) is 13.4. The van der Waals surface area contributed by atoms with Crippen molar-refractivity contribution in [3.05, 3.63) is 0 Å². The summed E-state index contributed by atoms with van der Waals surface area (Å²) in [4.78, 5) is 0. The average Bonchev–Trinajstić information content (AvgIpc) is 2.59. The Morgan fingerprint density at radius 1 is 0.857 bits per heavy atom. The van der Waals surface area contributed by atoms with E-state index >= 15 is 0 Å². The van der Waals surface area contributed by atoms with E-state index in [2.05, 4.69) is 13.1 Å². The molecule has 1 heterocycles. The van der Waals surface area contributed by atoms with Gasteiger partial charge in [0.05, 0.1) is 0 Å².